The van der Waals surface area contributed by atoms with E-state index in [2.05, 4.69) is 0 Å². The number of hydrogen-bond donors (Lipinski definition) is 1. The Balaban J connectivity index is 1.69. The van der Waals surface area contributed by atoms with E-state index < -0.39 is 0 Å². The lowest BCUT2D eigenvalue weighted by molar-refractivity contribution is -0.135. The minimum Gasteiger partial charge on any atom is -0.492 e. The number of carbonyl (C=O) groups is 1. The Morgan fingerprint density at radius 3 is 3.10 bits per heavy atom. The van der Waals surface area contributed by atoms with Gasteiger partial charge in [0.15, 0.2) is 0 Å². The van der Waals surface area contributed by atoms with Crippen molar-refractivity contribution in [3.8, 4) is 5.75 Å². The first-order valence-corrected chi connectivity index (χ1v) is 7.45. The minimum absolute atomic E-state index is 0.0995. The van der Waals surface area contributed by atoms with Crippen molar-refractivity contribution in [3.05, 3.63) is 28.8 Å². The van der Waals surface area contributed by atoms with Gasteiger partial charge in [0.2, 0.25) is 5.91 Å². The number of hydrogen-bond acceptors (Lipinski definition) is 3. The molecule has 2 N–H and O–H groups in total. The lowest BCUT2D eigenvalue weighted by Gasteiger charge is -2.28. The van der Waals surface area contributed by atoms with Gasteiger partial charge >= 0.3 is 0 Å². The molecule has 108 valence electrons. The quantitative estimate of drug-likeness (QED) is 0.903. The number of benzene rings is 1. The molecule has 0 spiro atoms. The smallest absolute Gasteiger partial charge is 0.229 e. The molecule has 1 aromatic rings. The van der Waals surface area contributed by atoms with Gasteiger partial charge in [0, 0.05) is 18.1 Å². The van der Waals surface area contributed by atoms with E-state index >= 15 is 0 Å². The van der Waals surface area contributed by atoms with E-state index in [-0.39, 0.29) is 11.8 Å². The molecule has 0 bridgehead atoms. The molecule has 1 fully saturated rings. The Kier molecular flexibility index (Phi) is 3.85. The van der Waals surface area contributed by atoms with Crippen LogP contribution in [-0.2, 0) is 11.2 Å². The highest BCUT2D eigenvalue weighted by atomic mass is 35.5. The largest absolute Gasteiger partial charge is 0.492 e. The molecule has 0 aliphatic carbocycles. The monoisotopic (exact) mass is 294 g/mol. The third kappa shape index (κ3) is 2.63. The highest BCUT2D eigenvalue weighted by molar-refractivity contribution is 6.30. The first kappa shape index (κ1) is 13.7. The first-order chi connectivity index (χ1) is 9.67. The zero-order valence-corrected chi connectivity index (χ0v) is 12.1. The Labute approximate surface area is 123 Å². The summed E-state index contributed by atoms with van der Waals surface area (Å²) in [5.41, 5.74) is 6.70. The third-order valence-electron chi connectivity index (χ3n) is 4.21. The molecule has 2 atom stereocenters. The third-order valence-corrected chi connectivity index (χ3v) is 4.44. The number of ether oxygens (including phenoxy) is 1. The zero-order valence-electron chi connectivity index (χ0n) is 11.3. The minimum atomic E-state index is -0.0995. The normalized spacial score (nSPS) is 25.2. The Bertz CT molecular complexity index is 521. The highest BCUT2D eigenvalue weighted by Crippen LogP contribution is 2.31. The van der Waals surface area contributed by atoms with Crippen LogP contribution in [0.5, 0.6) is 5.75 Å². The molecule has 1 saturated heterocycles. The van der Waals surface area contributed by atoms with Crippen LogP contribution in [0.2, 0.25) is 5.02 Å². The van der Waals surface area contributed by atoms with E-state index in [4.69, 9.17) is 22.1 Å². The van der Waals surface area contributed by atoms with Gasteiger partial charge in [-0.15, -0.1) is 0 Å². The topological polar surface area (TPSA) is 55.6 Å². The van der Waals surface area contributed by atoms with Gasteiger partial charge in [-0.3, -0.25) is 4.79 Å². The summed E-state index contributed by atoms with van der Waals surface area (Å²) in [6.45, 7) is 2.72. The zero-order chi connectivity index (χ0) is 14.1. The van der Waals surface area contributed by atoms with E-state index in [1.807, 2.05) is 23.1 Å². The van der Waals surface area contributed by atoms with Crippen LogP contribution >= 0.6 is 11.6 Å². The average Bonchev–Trinajstić information content (AvgIpc) is 2.94. The molecular weight excluding hydrogens is 276 g/mol. The molecule has 5 heteroatoms. The summed E-state index contributed by atoms with van der Waals surface area (Å²) < 4.78 is 5.69. The molecule has 2 aliphatic heterocycles. The van der Waals surface area contributed by atoms with Gasteiger partial charge in [-0.05, 0) is 49.1 Å². The van der Waals surface area contributed by atoms with Gasteiger partial charge in [-0.2, -0.15) is 0 Å². The van der Waals surface area contributed by atoms with Gasteiger partial charge in [0.25, 0.3) is 0 Å². The number of fused-ring (bicyclic) bond motifs is 1. The van der Waals surface area contributed by atoms with Crippen molar-refractivity contribution < 1.29 is 9.53 Å². The summed E-state index contributed by atoms with van der Waals surface area (Å²) in [5.74, 6) is 1.38. The van der Waals surface area contributed by atoms with Crippen molar-refractivity contribution in [1.29, 1.82) is 0 Å². The standard InChI is InChI=1S/C15H19ClN2O2/c16-13-1-2-14-11(6-13)5-12(9-20-14)15(19)18-4-3-10(7-17)8-18/h1-2,6,10,12H,3-5,7-9,17H2/t10-,12+/m1/s1. The predicted molar refractivity (Wildman–Crippen MR) is 77.9 cm³/mol. The van der Waals surface area contributed by atoms with Crippen LogP contribution in [0.15, 0.2) is 18.2 Å². The van der Waals surface area contributed by atoms with E-state index in [9.17, 15) is 4.79 Å². The molecule has 0 unspecified atom stereocenters. The number of carbonyl (C=O) groups excluding carboxylic acids is 1. The molecular formula is C15H19ClN2O2. The van der Waals surface area contributed by atoms with Crippen molar-refractivity contribution in [2.24, 2.45) is 17.6 Å². The Morgan fingerprint density at radius 2 is 2.35 bits per heavy atom. The number of nitrogens with two attached hydrogens (primary N) is 1. The van der Waals surface area contributed by atoms with E-state index in [0.29, 0.717) is 30.5 Å². The molecule has 1 amide bonds. The number of rotatable bonds is 2. The highest BCUT2D eigenvalue weighted by Gasteiger charge is 2.33. The summed E-state index contributed by atoms with van der Waals surface area (Å²) in [7, 11) is 0. The summed E-state index contributed by atoms with van der Waals surface area (Å²) in [6.07, 6.45) is 1.72. The molecule has 2 heterocycles. The molecule has 1 aromatic carbocycles. The second-order valence-electron chi connectivity index (χ2n) is 5.64. The van der Waals surface area contributed by atoms with E-state index in [1.165, 1.54) is 0 Å². The number of amides is 1. The van der Waals surface area contributed by atoms with Gasteiger partial charge in [-0.25, -0.2) is 0 Å². The fourth-order valence-electron chi connectivity index (χ4n) is 3.01. The van der Waals surface area contributed by atoms with Crippen LogP contribution in [0.3, 0.4) is 0 Å². The second kappa shape index (κ2) is 5.62. The van der Waals surface area contributed by atoms with Crippen LogP contribution in [0.4, 0.5) is 0 Å². The summed E-state index contributed by atoms with van der Waals surface area (Å²) in [5, 5.41) is 0.685. The van der Waals surface area contributed by atoms with Crippen LogP contribution in [0.25, 0.3) is 0 Å². The lowest BCUT2D eigenvalue weighted by Crippen LogP contribution is -2.40. The van der Waals surface area contributed by atoms with Gasteiger partial charge < -0.3 is 15.4 Å². The molecule has 4 nitrogen and oxygen atoms in total. The maximum Gasteiger partial charge on any atom is 0.229 e. The number of nitrogens with zero attached hydrogens (tertiary/aromatic N) is 1. The van der Waals surface area contributed by atoms with Crippen molar-refractivity contribution in [3.63, 3.8) is 0 Å². The summed E-state index contributed by atoms with van der Waals surface area (Å²) in [6, 6.07) is 5.58. The molecule has 2 aliphatic rings. The molecule has 0 radical (unpaired) electrons. The van der Waals surface area contributed by atoms with Crippen molar-refractivity contribution in [2.45, 2.75) is 12.8 Å². The van der Waals surface area contributed by atoms with Gasteiger partial charge in [0.05, 0.1) is 5.92 Å². The Hall–Kier alpha value is -1.26. The number of halogens is 1. The number of likely N-dealkylation sites (tertiary alicyclic amines) is 1. The van der Waals surface area contributed by atoms with Crippen LogP contribution in [0, 0.1) is 11.8 Å². The lowest BCUT2D eigenvalue weighted by atomic mass is 9.95. The van der Waals surface area contributed by atoms with E-state index in [0.717, 1.165) is 30.8 Å². The fraction of sp³-hybridized carbons (Fsp3) is 0.533. The summed E-state index contributed by atoms with van der Waals surface area (Å²) in [4.78, 5) is 14.5. The second-order valence-corrected chi connectivity index (χ2v) is 6.08. The molecule has 20 heavy (non-hydrogen) atoms. The summed E-state index contributed by atoms with van der Waals surface area (Å²) >= 11 is 6.00. The molecule has 3 rings (SSSR count). The maximum absolute atomic E-state index is 12.5. The van der Waals surface area contributed by atoms with Crippen LogP contribution in [-0.4, -0.2) is 37.0 Å². The average molecular weight is 295 g/mol. The van der Waals surface area contributed by atoms with Crippen LogP contribution in [0.1, 0.15) is 12.0 Å². The van der Waals surface area contributed by atoms with Gasteiger partial charge in [-0.1, -0.05) is 11.6 Å². The Morgan fingerprint density at radius 1 is 1.50 bits per heavy atom. The van der Waals surface area contributed by atoms with Crippen molar-refractivity contribution in [2.75, 3.05) is 26.2 Å². The fourth-order valence-corrected chi connectivity index (χ4v) is 3.20. The SMILES string of the molecule is NC[C@H]1CCN(C(=O)[C@@H]2COc3ccc(Cl)cc3C2)C1. The first-order valence-electron chi connectivity index (χ1n) is 7.07. The molecule has 0 saturated carbocycles. The molecule has 0 aromatic heterocycles. The van der Waals surface area contributed by atoms with Crippen molar-refractivity contribution >= 4 is 17.5 Å². The maximum atomic E-state index is 12.5. The van der Waals surface area contributed by atoms with Gasteiger partial charge in [0.1, 0.15) is 12.4 Å². The van der Waals surface area contributed by atoms with Crippen molar-refractivity contribution in [1.82, 2.24) is 4.90 Å². The van der Waals surface area contributed by atoms with Crippen LogP contribution < -0.4 is 10.5 Å². The predicted octanol–water partition coefficient (Wildman–Crippen LogP) is 1.70. The van der Waals surface area contributed by atoms with E-state index in [1.54, 1.807) is 0 Å².